The molecule has 0 aliphatic rings. The van der Waals surface area contributed by atoms with Crippen LogP contribution in [0.5, 0.6) is 0 Å². The SMILES string of the molecule is O=[N+]([O-])c1ccc(-c2cc(CCl)no2)cc1. The van der Waals surface area contributed by atoms with Crippen LogP contribution in [0, 0.1) is 10.1 Å². The molecule has 0 N–H and O–H groups in total. The molecule has 1 aromatic heterocycles. The first-order valence-corrected chi connectivity index (χ1v) is 5.00. The van der Waals surface area contributed by atoms with E-state index in [0.717, 1.165) is 5.56 Å². The molecule has 2 rings (SSSR count). The summed E-state index contributed by atoms with van der Waals surface area (Å²) in [4.78, 5) is 10.0. The highest BCUT2D eigenvalue weighted by Gasteiger charge is 2.08. The molecule has 0 aliphatic heterocycles. The highest BCUT2D eigenvalue weighted by Crippen LogP contribution is 2.23. The first-order valence-electron chi connectivity index (χ1n) is 4.47. The van der Waals surface area contributed by atoms with Crippen LogP contribution in [0.25, 0.3) is 11.3 Å². The van der Waals surface area contributed by atoms with Gasteiger partial charge >= 0.3 is 0 Å². The molecule has 0 atom stereocenters. The van der Waals surface area contributed by atoms with E-state index in [-0.39, 0.29) is 11.6 Å². The van der Waals surface area contributed by atoms with Crippen molar-refractivity contribution < 1.29 is 9.45 Å². The quantitative estimate of drug-likeness (QED) is 0.468. The standard InChI is InChI=1S/C10H7ClN2O3/c11-6-8-5-10(16-12-8)7-1-3-9(4-2-7)13(14)15/h1-5H,6H2. The summed E-state index contributed by atoms with van der Waals surface area (Å²) >= 11 is 5.58. The topological polar surface area (TPSA) is 69.2 Å². The number of aromatic nitrogens is 1. The number of hydrogen-bond acceptors (Lipinski definition) is 4. The molecule has 0 radical (unpaired) electrons. The van der Waals surface area contributed by atoms with Gasteiger partial charge in [0.25, 0.3) is 5.69 Å². The van der Waals surface area contributed by atoms with Crippen molar-refractivity contribution in [3.05, 3.63) is 46.1 Å². The van der Waals surface area contributed by atoms with E-state index in [1.165, 1.54) is 12.1 Å². The minimum Gasteiger partial charge on any atom is -0.356 e. The van der Waals surface area contributed by atoms with Gasteiger partial charge in [-0.1, -0.05) is 5.16 Å². The number of rotatable bonds is 3. The van der Waals surface area contributed by atoms with Crippen LogP contribution in [0.3, 0.4) is 0 Å². The van der Waals surface area contributed by atoms with E-state index in [4.69, 9.17) is 16.1 Å². The van der Waals surface area contributed by atoms with Gasteiger partial charge < -0.3 is 4.52 Å². The molecule has 82 valence electrons. The molecule has 6 heteroatoms. The summed E-state index contributed by atoms with van der Waals surface area (Å²) in [6, 6.07) is 7.75. The van der Waals surface area contributed by atoms with Gasteiger partial charge in [0.1, 0.15) is 0 Å². The third-order valence-electron chi connectivity index (χ3n) is 2.06. The fourth-order valence-electron chi connectivity index (χ4n) is 1.26. The third kappa shape index (κ3) is 2.04. The lowest BCUT2D eigenvalue weighted by molar-refractivity contribution is -0.384. The number of alkyl halides is 1. The van der Waals surface area contributed by atoms with Crippen LogP contribution in [0.4, 0.5) is 5.69 Å². The fourth-order valence-corrected chi connectivity index (χ4v) is 1.38. The van der Waals surface area contributed by atoms with Crippen molar-refractivity contribution in [3.63, 3.8) is 0 Å². The number of nitro benzene ring substituents is 1. The molecule has 2 aromatic rings. The molecule has 0 spiro atoms. The zero-order chi connectivity index (χ0) is 11.5. The predicted octanol–water partition coefficient (Wildman–Crippen LogP) is 2.99. The molecule has 0 fully saturated rings. The summed E-state index contributed by atoms with van der Waals surface area (Å²) in [5.74, 6) is 0.821. The van der Waals surface area contributed by atoms with E-state index in [0.29, 0.717) is 11.5 Å². The summed E-state index contributed by atoms with van der Waals surface area (Å²) < 4.78 is 5.04. The Kier molecular flexibility index (Phi) is 2.87. The lowest BCUT2D eigenvalue weighted by Crippen LogP contribution is -1.86. The average Bonchev–Trinajstić information content (AvgIpc) is 2.77. The number of hydrogen-bond donors (Lipinski definition) is 0. The average molecular weight is 239 g/mol. The highest BCUT2D eigenvalue weighted by molar-refractivity contribution is 6.16. The van der Waals surface area contributed by atoms with Gasteiger partial charge in [0.05, 0.1) is 16.5 Å². The van der Waals surface area contributed by atoms with Crippen LogP contribution in [0.1, 0.15) is 5.69 Å². The second-order valence-electron chi connectivity index (χ2n) is 3.12. The largest absolute Gasteiger partial charge is 0.356 e. The van der Waals surface area contributed by atoms with Crippen molar-refractivity contribution in [1.82, 2.24) is 5.16 Å². The number of halogens is 1. The Morgan fingerprint density at radius 1 is 1.38 bits per heavy atom. The summed E-state index contributed by atoms with van der Waals surface area (Å²) in [5, 5.41) is 14.2. The van der Waals surface area contributed by atoms with E-state index in [2.05, 4.69) is 5.16 Å². The molecule has 1 heterocycles. The van der Waals surface area contributed by atoms with Crippen molar-refractivity contribution in [1.29, 1.82) is 0 Å². The van der Waals surface area contributed by atoms with Crippen LogP contribution in [0.2, 0.25) is 0 Å². The number of non-ortho nitro benzene ring substituents is 1. The zero-order valence-electron chi connectivity index (χ0n) is 8.09. The number of nitro groups is 1. The summed E-state index contributed by atoms with van der Waals surface area (Å²) in [7, 11) is 0. The molecule has 0 saturated heterocycles. The molecule has 0 amide bonds. The first-order chi connectivity index (χ1) is 7.70. The summed E-state index contributed by atoms with van der Waals surface area (Å²) in [5.41, 5.74) is 1.41. The minimum absolute atomic E-state index is 0.0424. The van der Waals surface area contributed by atoms with E-state index in [1.807, 2.05) is 0 Å². The Morgan fingerprint density at radius 2 is 2.06 bits per heavy atom. The first kappa shape index (κ1) is 10.6. The molecule has 0 aliphatic carbocycles. The van der Waals surface area contributed by atoms with Crippen LogP contribution in [-0.2, 0) is 5.88 Å². The van der Waals surface area contributed by atoms with E-state index >= 15 is 0 Å². The van der Waals surface area contributed by atoms with Gasteiger partial charge in [-0.25, -0.2) is 0 Å². The molecular formula is C10H7ClN2O3. The molecular weight excluding hydrogens is 232 g/mol. The van der Waals surface area contributed by atoms with Gasteiger partial charge in [-0.3, -0.25) is 10.1 Å². The van der Waals surface area contributed by atoms with Crippen LogP contribution < -0.4 is 0 Å². The smallest absolute Gasteiger partial charge is 0.269 e. The normalized spacial score (nSPS) is 10.3. The second kappa shape index (κ2) is 4.32. The second-order valence-corrected chi connectivity index (χ2v) is 3.39. The van der Waals surface area contributed by atoms with Gasteiger partial charge in [-0.05, 0) is 12.1 Å². The van der Waals surface area contributed by atoms with Crippen molar-refractivity contribution in [2.24, 2.45) is 0 Å². The lowest BCUT2D eigenvalue weighted by Gasteiger charge is -1.94. The Balaban J connectivity index is 2.30. The molecule has 5 nitrogen and oxygen atoms in total. The van der Waals surface area contributed by atoms with Crippen LogP contribution >= 0.6 is 11.6 Å². The molecule has 0 bridgehead atoms. The maximum absolute atomic E-state index is 10.5. The Labute approximate surface area is 95.8 Å². The maximum Gasteiger partial charge on any atom is 0.269 e. The third-order valence-corrected chi connectivity index (χ3v) is 2.33. The van der Waals surface area contributed by atoms with Gasteiger partial charge in [-0.15, -0.1) is 11.6 Å². The van der Waals surface area contributed by atoms with Crippen LogP contribution in [0.15, 0.2) is 34.9 Å². The van der Waals surface area contributed by atoms with Crippen molar-refractivity contribution in [2.75, 3.05) is 0 Å². The van der Waals surface area contributed by atoms with Crippen molar-refractivity contribution in [3.8, 4) is 11.3 Å². The van der Waals surface area contributed by atoms with E-state index < -0.39 is 4.92 Å². The number of benzene rings is 1. The Morgan fingerprint density at radius 3 is 2.56 bits per heavy atom. The summed E-state index contributed by atoms with van der Waals surface area (Å²) in [6.45, 7) is 0. The lowest BCUT2D eigenvalue weighted by atomic mass is 10.1. The zero-order valence-corrected chi connectivity index (χ0v) is 8.85. The van der Waals surface area contributed by atoms with Crippen molar-refractivity contribution in [2.45, 2.75) is 5.88 Å². The Bertz CT molecular complexity index is 507. The fraction of sp³-hybridized carbons (Fsp3) is 0.100. The minimum atomic E-state index is -0.450. The van der Waals surface area contributed by atoms with Crippen LogP contribution in [-0.4, -0.2) is 10.1 Å². The summed E-state index contributed by atoms with van der Waals surface area (Å²) in [6.07, 6.45) is 0. The van der Waals surface area contributed by atoms with Gasteiger partial charge in [-0.2, -0.15) is 0 Å². The molecule has 0 unspecified atom stereocenters. The molecule has 16 heavy (non-hydrogen) atoms. The monoisotopic (exact) mass is 238 g/mol. The van der Waals surface area contributed by atoms with E-state index in [1.54, 1.807) is 18.2 Å². The number of nitrogens with zero attached hydrogens (tertiary/aromatic N) is 2. The van der Waals surface area contributed by atoms with Gasteiger partial charge in [0.2, 0.25) is 0 Å². The molecule has 0 saturated carbocycles. The molecule has 1 aromatic carbocycles. The van der Waals surface area contributed by atoms with E-state index in [9.17, 15) is 10.1 Å². The Hall–Kier alpha value is -1.88. The van der Waals surface area contributed by atoms with Crippen molar-refractivity contribution >= 4 is 17.3 Å². The maximum atomic E-state index is 10.5. The van der Waals surface area contributed by atoms with Gasteiger partial charge in [0.15, 0.2) is 5.76 Å². The van der Waals surface area contributed by atoms with Gasteiger partial charge in [0, 0.05) is 23.8 Å². The highest BCUT2D eigenvalue weighted by atomic mass is 35.5. The predicted molar refractivity (Wildman–Crippen MR) is 58.2 cm³/mol.